The molecule has 104 valence electrons. The van der Waals surface area contributed by atoms with Gasteiger partial charge in [-0.1, -0.05) is 33.8 Å². The molecule has 0 saturated carbocycles. The lowest BCUT2D eigenvalue weighted by atomic mass is 9.95. The molecule has 0 atom stereocenters. The molecule has 2 heteroatoms. The maximum Gasteiger partial charge on any atom is 0.0992 e. The Morgan fingerprint density at radius 3 is 2.16 bits per heavy atom. The molecule has 0 amide bonds. The minimum Gasteiger partial charge on any atom is -0.382 e. The molecule has 0 unspecified atom stereocenters. The number of aryl methyl sites for hydroxylation is 1. The average molecular weight is 258 g/mol. The van der Waals surface area contributed by atoms with Gasteiger partial charge in [0.25, 0.3) is 0 Å². The Balaban J connectivity index is 2.86. The predicted molar refractivity (Wildman–Crippen MR) is 82.2 cm³/mol. The highest BCUT2D eigenvalue weighted by Gasteiger charge is 2.14. The molecule has 1 aromatic rings. The van der Waals surface area contributed by atoms with Gasteiger partial charge in [-0.25, -0.2) is 0 Å². The van der Waals surface area contributed by atoms with Gasteiger partial charge in [-0.05, 0) is 49.3 Å². The summed E-state index contributed by atoms with van der Waals surface area (Å²) in [6, 6.07) is 8.54. The van der Waals surface area contributed by atoms with Crippen LogP contribution in [0, 0.1) is 30.1 Å². The molecular weight excluding hydrogens is 232 g/mol. The van der Waals surface area contributed by atoms with Gasteiger partial charge < -0.3 is 5.32 Å². The van der Waals surface area contributed by atoms with Gasteiger partial charge in [-0.2, -0.15) is 5.26 Å². The van der Waals surface area contributed by atoms with Crippen molar-refractivity contribution in [3.05, 3.63) is 29.3 Å². The Morgan fingerprint density at radius 2 is 1.68 bits per heavy atom. The summed E-state index contributed by atoms with van der Waals surface area (Å²) in [4.78, 5) is 0. The van der Waals surface area contributed by atoms with Crippen molar-refractivity contribution >= 4 is 5.69 Å². The summed E-state index contributed by atoms with van der Waals surface area (Å²) in [6.45, 7) is 11.1. The molecule has 0 aliphatic carbocycles. The van der Waals surface area contributed by atoms with Gasteiger partial charge in [0, 0.05) is 11.7 Å². The molecule has 0 bridgehead atoms. The Kier molecular flexibility index (Phi) is 5.89. The first kappa shape index (κ1) is 15.6. The SMILES string of the molecule is Cc1ccc(C#N)cc1NC(CC(C)C)CC(C)C. The van der Waals surface area contributed by atoms with Crippen LogP contribution >= 0.6 is 0 Å². The molecule has 2 nitrogen and oxygen atoms in total. The normalized spacial score (nSPS) is 11.1. The van der Waals surface area contributed by atoms with Crippen molar-refractivity contribution < 1.29 is 0 Å². The maximum absolute atomic E-state index is 9.00. The summed E-state index contributed by atoms with van der Waals surface area (Å²) in [5.74, 6) is 1.35. The zero-order valence-electron chi connectivity index (χ0n) is 12.8. The minimum absolute atomic E-state index is 0.479. The minimum atomic E-state index is 0.479. The van der Waals surface area contributed by atoms with E-state index in [0.29, 0.717) is 17.9 Å². The van der Waals surface area contributed by atoms with Gasteiger partial charge in [0.05, 0.1) is 11.6 Å². The zero-order chi connectivity index (χ0) is 14.4. The fourth-order valence-electron chi connectivity index (χ4n) is 2.42. The van der Waals surface area contributed by atoms with E-state index < -0.39 is 0 Å². The van der Waals surface area contributed by atoms with Crippen LogP contribution in [0.25, 0.3) is 0 Å². The second-order valence-electron chi connectivity index (χ2n) is 6.24. The number of nitriles is 1. The van der Waals surface area contributed by atoms with Gasteiger partial charge in [0.2, 0.25) is 0 Å². The molecule has 0 aliphatic rings. The van der Waals surface area contributed by atoms with Crippen LogP contribution in [0.4, 0.5) is 5.69 Å². The summed E-state index contributed by atoms with van der Waals surface area (Å²) >= 11 is 0. The maximum atomic E-state index is 9.00. The standard InChI is InChI=1S/C17H26N2/c1-12(2)8-16(9-13(3)4)19-17-10-15(11-18)7-6-14(17)5/h6-7,10,12-13,16,19H,8-9H2,1-5H3. The number of anilines is 1. The number of hydrogen-bond donors (Lipinski definition) is 1. The van der Waals surface area contributed by atoms with Crippen LogP contribution in [-0.2, 0) is 0 Å². The van der Waals surface area contributed by atoms with E-state index in [1.165, 1.54) is 5.56 Å². The van der Waals surface area contributed by atoms with Crippen LogP contribution in [0.3, 0.4) is 0 Å². The third-order valence-corrected chi connectivity index (χ3v) is 3.24. The Labute approximate surface area is 117 Å². The largest absolute Gasteiger partial charge is 0.382 e. The van der Waals surface area contributed by atoms with Crippen LogP contribution in [0.2, 0.25) is 0 Å². The second-order valence-corrected chi connectivity index (χ2v) is 6.24. The van der Waals surface area contributed by atoms with Crippen molar-refractivity contribution in [3.63, 3.8) is 0 Å². The highest BCUT2D eigenvalue weighted by molar-refractivity contribution is 5.55. The van der Waals surface area contributed by atoms with Crippen molar-refractivity contribution in [3.8, 4) is 6.07 Å². The quantitative estimate of drug-likeness (QED) is 0.800. The molecule has 1 rings (SSSR count). The lowest BCUT2D eigenvalue weighted by Crippen LogP contribution is -2.24. The summed E-state index contributed by atoms with van der Waals surface area (Å²) in [5, 5.41) is 12.6. The average Bonchev–Trinajstić information content (AvgIpc) is 2.30. The summed E-state index contributed by atoms with van der Waals surface area (Å²) in [5.41, 5.74) is 3.03. The van der Waals surface area contributed by atoms with E-state index in [1.807, 2.05) is 18.2 Å². The van der Waals surface area contributed by atoms with E-state index in [0.717, 1.165) is 24.1 Å². The van der Waals surface area contributed by atoms with E-state index >= 15 is 0 Å². The van der Waals surface area contributed by atoms with Gasteiger partial charge in [0.1, 0.15) is 0 Å². The smallest absolute Gasteiger partial charge is 0.0992 e. The van der Waals surface area contributed by atoms with Crippen molar-refractivity contribution in [2.24, 2.45) is 11.8 Å². The van der Waals surface area contributed by atoms with Crippen LogP contribution in [0.1, 0.15) is 51.7 Å². The molecule has 1 N–H and O–H groups in total. The van der Waals surface area contributed by atoms with E-state index in [4.69, 9.17) is 5.26 Å². The van der Waals surface area contributed by atoms with E-state index in [9.17, 15) is 0 Å². The Morgan fingerprint density at radius 1 is 1.11 bits per heavy atom. The van der Waals surface area contributed by atoms with Crippen LogP contribution in [0.5, 0.6) is 0 Å². The lowest BCUT2D eigenvalue weighted by Gasteiger charge is -2.24. The zero-order valence-corrected chi connectivity index (χ0v) is 12.8. The van der Waals surface area contributed by atoms with Gasteiger partial charge in [-0.15, -0.1) is 0 Å². The second kappa shape index (κ2) is 7.19. The highest BCUT2D eigenvalue weighted by Crippen LogP contribution is 2.22. The van der Waals surface area contributed by atoms with E-state index in [2.05, 4.69) is 46.0 Å². The Bertz CT molecular complexity index is 431. The van der Waals surface area contributed by atoms with Crippen molar-refractivity contribution in [1.82, 2.24) is 0 Å². The van der Waals surface area contributed by atoms with Gasteiger partial charge in [-0.3, -0.25) is 0 Å². The van der Waals surface area contributed by atoms with Crippen LogP contribution in [-0.4, -0.2) is 6.04 Å². The number of nitrogens with zero attached hydrogens (tertiary/aromatic N) is 1. The molecule has 1 aromatic carbocycles. The van der Waals surface area contributed by atoms with E-state index in [-0.39, 0.29) is 0 Å². The van der Waals surface area contributed by atoms with Crippen LogP contribution in [0.15, 0.2) is 18.2 Å². The molecule has 0 radical (unpaired) electrons. The predicted octanol–water partition coefficient (Wildman–Crippen LogP) is 4.74. The van der Waals surface area contributed by atoms with Gasteiger partial charge >= 0.3 is 0 Å². The van der Waals surface area contributed by atoms with Crippen molar-refractivity contribution in [2.45, 2.75) is 53.5 Å². The molecular formula is C17H26N2. The summed E-state index contributed by atoms with van der Waals surface area (Å²) < 4.78 is 0. The molecule has 0 heterocycles. The number of rotatable bonds is 6. The van der Waals surface area contributed by atoms with E-state index in [1.54, 1.807) is 0 Å². The first-order chi connectivity index (χ1) is 8.92. The third kappa shape index (κ3) is 5.34. The molecule has 0 saturated heterocycles. The molecule has 0 fully saturated rings. The first-order valence-corrected chi connectivity index (χ1v) is 7.19. The Hall–Kier alpha value is -1.49. The number of benzene rings is 1. The summed E-state index contributed by atoms with van der Waals surface area (Å²) in [7, 11) is 0. The number of nitrogens with one attached hydrogen (secondary N) is 1. The van der Waals surface area contributed by atoms with Crippen molar-refractivity contribution in [2.75, 3.05) is 5.32 Å². The van der Waals surface area contributed by atoms with Crippen molar-refractivity contribution in [1.29, 1.82) is 5.26 Å². The topological polar surface area (TPSA) is 35.8 Å². The summed E-state index contributed by atoms with van der Waals surface area (Å²) in [6.07, 6.45) is 2.32. The monoisotopic (exact) mass is 258 g/mol. The highest BCUT2D eigenvalue weighted by atomic mass is 14.9. The fraction of sp³-hybridized carbons (Fsp3) is 0.588. The molecule has 0 spiro atoms. The molecule has 19 heavy (non-hydrogen) atoms. The third-order valence-electron chi connectivity index (χ3n) is 3.24. The van der Waals surface area contributed by atoms with Crippen LogP contribution < -0.4 is 5.32 Å². The molecule has 0 aliphatic heterocycles. The lowest BCUT2D eigenvalue weighted by molar-refractivity contribution is 0.442. The van der Waals surface area contributed by atoms with Gasteiger partial charge in [0.15, 0.2) is 0 Å². The first-order valence-electron chi connectivity index (χ1n) is 7.19. The molecule has 0 aromatic heterocycles. The fourth-order valence-corrected chi connectivity index (χ4v) is 2.42. The number of hydrogen-bond acceptors (Lipinski definition) is 2.